The van der Waals surface area contributed by atoms with Gasteiger partial charge in [0.05, 0.1) is 44.5 Å². The number of nitrogens with zero attached hydrogens (tertiary/aromatic N) is 1. The average molecular weight is 387 g/mol. The molecule has 3 rings (SSSR count). The molecule has 0 radical (unpaired) electrons. The zero-order chi connectivity index (χ0) is 20.1. The summed E-state index contributed by atoms with van der Waals surface area (Å²) >= 11 is 0. The van der Waals surface area contributed by atoms with E-state index in [1.54, 1.807) is 31.6 Å². The normalized spacial score (nSPS) is 19.7. The Hall–Kier alpha value is -2.80. The summed E-state index contributed by atoms with van der Waals surface area (Å²) in [5.41, 5.74) is 1.46. The molecular formula is C21H25NO6. The van der Waals surface area contributed by atoms with E-state index in [-0.39, 0.29) is 6.10 Å². The summed E-state index contributed by atoms with van der Waals surface area (Å²) in [6, 6.07) is 7.26. The fourth-order valence-electron chi connectivity index (χ4n) is 3.60. The lowest BCUT2D eigenvalue weighted by atomic mass is 9.83. The first kappa shape index (κ1) is 19.9. The maximum atomic E-state index is 12.6. The van der Waals surface area contributed by atoms with Crippen molar-refractivity contribution in [3.63, 3.8) is 0 Å². The molecule has 1 aromatic rings. The number of methoxy groups -OCH3 is 3. The quantitative estimate of drug-likeness (QED) is 0.694. The van der Waals surface area contributed by atoms with Gasteiger partial charge in [0.2, 0.25) is 0 Å². The molecule has 0 aliphatic carbocycles. The second-order valence-electron chi connectivity index (χ2n) is 6.69. The molecule has 0 spiro atoms. The van der Waals surface area contributed by atoms with Crippen LogP contribution in [-0.2, 0) is 23.8 Å². The number of benzene rings is 1. The highest BCUT2D eigenvalue weighted by Crippen LogP contribution is 2.38. The molecule has 2 heterocycles. The monoisotopic (exact) mass is 387 g/mol. The second-order valence-corrected chi connectivity index (χ2v) is 6.69. The number of rotatable bonds is 6. The van der Waals surface area contributed by atoms with Gasteiger partial charge in [-0.3, -0.25) is 0 Å². The predicted octanol–water partition coefficient (Wildman–Crippen LogP) is 2.39. The topological polar surface area (TPSA) is 74.3 Å². The molecule has 1 aromatic carbocycles. The number of esters is 2. The van der Waals surface area contributed by atoms with Gasteiger partial charge in [-0.1, -0.05) is 12.1 Å². The number of hydrogen-bond donors (Lipinski definition) is 0. The summed E-state index contributed by atoms with van der Waals surface area (Å²) in [6.07, 6.45) is 5.46. The second kappa shape index (κ2) is 8.93. The van der Waals surface area contributed by atoms with E-state index in [2.05, 4.69) is 0 Å². The molecule has 0 bridgehead atoms. The Morgan fingerprint density at radius 1 is 1.11 bits per heavy atom. The van der Waals surface area contributed by atoms with Crippen LogP contribution in [0.5, 0.6) is 5.75 Å². The van der Waals surface area contributed by atoms with Crippen molar-refractivity contribution in [2.75, 3.05) is 34.5 Å². The number of hydrogen-bond acceptors (Lipinski definition) is 7. The van der Waals surface area contributed by atoms with Crippen molar-refractivity contribution in [2.45, 2.75) is 24.9 Å². The largest absolute Gasteiger partial charge is 0.497 e. The molecule has 0 saturated carbocycles. The Balaban J connectivity index is 2.03. The smallest absolute Gasteiger partial charge is 0.336 e. The minimum absolute atomic E-state index is 0.0543. The molecule has 0 amide bonds. The number of carbonyl (C=O) groups excluding carboxylic acids is 2. The Bertz CT molecular complexity index is 760. The van der Waals surface area contributed by atoms with Crippen molar-refractivity contribution in [3.05, 3.63) is 53.4 Å². The highest BCUT2D eigenvalue weighted by Gasteiger charge is 2.36. The zero-order valence-electron chi connectivity index (χ0n) is 16.3. The van der Waals surface area contributed by atoms with Gasteiger partial charge in [-0.15, -0.1) is 0 Å². The molecule has 2 aliphatic heterocycles. The summed E-state index contributed by atoms with van der Waals surface area (Å²) in [5, 5.41) is 0. The summed E-state index contributed by atoms with van der Waals surface area (Å²) in [4.78, 5) is 27.0. The van der Waals surface area contributed by atoms with E-state index in [1.807, 2.05) is 17.0 Å². The van der Waals surface area contributed by atoms with Crippen LogP contribution in [0.4, 0.5) is 0 Å². The van der Waals surface area contributed by atoms with Crippen molar-refractivity contribution in [1.29, 1.82) is 0 Å². The van der Waals surface area contributed by atoms with E-state index >= 15 is 0 Å². The number of ether oxygens (including phenoxy) is 4. The van der Waals surface area contributed by atoms with Gasteiger partial charge in [0.1, 0.15) is 5.75 Å². The van der Waals surface area contributed by atoms with Gasteiger partial charge in [0.25, 0.3) is 0 Å². The van der Waals surface area contributed by atoms with Crippen molar-refractivity contribution < 1.29 is 28.5 Å². The summed E-state index contributed by atoms with van der Waals surface area (Å²) in [5.74, 6) is -0.984. The molecule has 7 nitrogen and oxygen atoms in total. The van der Waals surface area contributed by atoms with E-state index in [0.717, 1.165) is 25.0 Å². The Kier molecular flexibility index (Phi) is 6.36. The maximum absolute atomic E-state index is 12.6. The van der Waals surface area contributed by atoms with Gasteiger partial charge in [-0.2, -0.15) is 0 Å². The average Bonchev–Trinajstić information content (AvgIpc) is 3.24. The SMILES string of the molecule is COC(=O)C1=CN(C[C@H]2CCCO2)C=C(C(=O)OC)C1c1cccc(OC)c1. The first-order valence-electron chi connectivity index (χ1n) is 9.18. The zero-order valence-corrected chi connectivity index (χ0v) is 16.3. The lowest BCUT2D eigenvalue weighted by molar-refractivity contribution is -0.137. The molecule has 0 unspecified atom stereocenters. The van der Waals surface area contributed by atoms with Gasteiger partial charge in [-0.25, -0.2) is 9.59 Å². The van der Waals surface area contributed by atoms with Crippen molar-refractivity contribution in [3.8, 4) is 5.75 Å². The van der Waals surface area contributed by atoms with Crippen LogP contribution in [0.3, 0.4) is 0 Å². The third-order valence-corrected chi connectivity index (χ3v) is 4.94. The van der Waals surface area contributed by atoms with E-state index in [0.29, 0.717) is 23.4 Å². The third-order valence-electron chi connectivity index (χ3n) is 4.94. The molecule has 2 aliphatic rings. The van der Waals surface area contributed by atoms with E-state index in [4.69, 9.17) is 18.9 Å². The van der Waals surface area contributed by atoms with Crippen molar-refractivity contribution >= 4 is 11.9 Å². The summed E-state index contributed by atoms with van der Waals surface area (Å²) in [7, 11) is 4.22. The highest BCUT2D eigenvalue weighted by atomic mass is 16.5. The van der Waals surface area contributed by atoms with Crippen LogP contribution in [0, 0.1) is 0 Å². The fourth-order valence-corrected chi connectivity index (χ4v) is 3.60. The maximum Gasteiger partial charge on any atom is 0.336 e. The van der Waals surface area contributed by atoms with Crippen LogP contribution in [-0.4, -0.2) is 57.4 Å². The van der Waals surface area contributed by atoms with Crippen molar-refractivity contribution in [1.82, 2.24) is 4.90 Å². The van der Waals surface area contributed by atoms with Gasteiger partial charge in [-0.05, 0) is 30.5 Å². The van der Waals surface area contributed by atoms with Crippen LogP contribution in [0.25, 0.3) is 0 Å². The van der Waals surface area contributed by atoms with E-state index in [1.165, 1.54) is 14.2 Å². The highest BCUT2D eigenvalue weighted by molar-refractivity contribution is 5.98. The van der Waals surface area contributed by atoms with Crippen LogP contribution in [0.15, 0.2) is 47.8 Å². The molecule has 1 saturated heterocycles. The molecule has 150 valence electrons. The van der Waals surface area contributed by atoms with Crippen LogP contribution in [0.1, 0.15) is 24.3 Å². The molecule has 28 heavy (non-hydrogen) atoms. The van der Waals surface area contributed by atoms with Gasteiger partial charge in [0, 0.05) is 25.6 Å². The predicted molar refractivity (Wildman–Crippen MR) is 102 cm³/mol. The molecule has 7 heteroatoms. The third kappa shape index (κ3) is 4.20. The minimum atomic E-state index is -0.615. The first-order chi connectivity index (χ1) is 13.6. The molecular weight excluding hydrogens is 362 g/mol. The first-order valence-corrected chi connectivity index (χ1v) is 9.18. The van der Waals surface area contributed by atoms with Gasteiger partial charge >= 0.3 is 11.9 Å². The van der Waals surface area contributed by atoms with Crippen LogP contribution in [0.2, 0.25) is 0 Å². The molecule has 0 aromatic heterocycles. The molecule has 0 N–H and O–H groups in total. The molecule has 1 fully saturated rings. The lowest BCUT2D eigenvalue weighted by Gasteiger charge is -2.31. The standard InChI is InChI=1S/C21H25NO6/c1-25-15-7-4-6-14(10-15)19-17(20(23)26-2)12-22(11-16-8-5-9-28-16)13-18(19)21(24)27-3/h4,6-7,10,12-13,16,19H,5,8-9,11H2,1-3H3/t16-/m1/s1. The van der Waals surface area contributed by atoms with Gasteiger partial charge in [0.15, 0.2) is 0 Å². The minimum Gasteiger partial charge on any atom is -0.497 e. The Morgan fingerprint density at radius 2 is 1.79 bits per heavy atom. The summed E-state index contributed by atoms with van der Waals surface area (Å²) < 4.78 is 21.0. The van der Waals surface area contributed by atoms with E-state index in [9.17, 15) is 9.59 Å². The van der Waals surface area contributed by atoms with E-state index < -0.39 is 17.9 Å². The van der Waals surface area contributed by atoms with Crippen LogP contribution >= 0.6 is 0 Å². The number of carbonyl (C=O) groups is 2. The fraction of sp³-hybridized carbons (Fsp3) is 0.429. The van der Waals surface area contributed by atoms with Crippen molar-refractivity contribution in [2.24, 2.45) is 0 Å². The Morgan fingerprint density at radius 3 is 2.32 bits per heavy atom. The van der Waals surface area contributed by atoms with Crippen LogP contribution < -0.4 is 4.74 Å². The molecule has 1 atom stereocenters. The Labute approximate surface area is 164 Å². The summed E-state index contributed by atoms with van der Waals surface area (Å²) in [6.45, 7) is 1.28. The van der Waals surface area contributed by atoms with Gasteiger partial charge < -0.3 is 23.8 Å². The lowest BCUT2D eigenvalue weighted by Crippen LogP contribution is -2.32.